The highest BCUT2D eigenvalue weighted by Gasteiger charge is 2.27. The van der Waals surface area contributed by atoms with Crippen LogP contribution in [0.1, 0.15) is 47.8 Å². The Morgan fingerprint density at radius 2 is 1.14 bits per heavy atom. The molecule has 0 saturated carbocycles. The Morgan fingerprint density at radius 3 is 1.50 bits per heavy atom. The lowest BCUT2D eigenvalue weighted by atomic mass is 9.94. The van der Waals surface area contributed by atoms with E-state index in [2.05, 4.69) is 57.2 Å². The number of carbonyl (C=O) groups is 1. The minimum absolute atomic E-state index is 0. The van der Waals surface area contributed by atoms with Crippen LogP contribution in [0.3, 0.4) is 0 Å². The molecule has 146 valence electrons. The van der Waals surface area contributed by atoms with Gasteiger partial charge in [0, 0.05) is 13.5 Å². The van der Waals surface area contributed by atoms with Crippen LogP contribution >= 0.6 is 7.92 Å². The largest absolute Gasteiger partial charge is 0.412 e. The Kier molecular flexibility index (Phi) is 8.11. The molecule has 28 heavy (non-hydrogen) atoms. The maximum absolute atomic E-state index is 13.9. The minimum atomic E-state index is -1.09. The highest BCUT2D eigenvalue weighted by molar-refractivity contribution is 7.88. The molecule has 0 amide bonds. The summed E-state index contributed by atoms with van der Waals surface area (Å²) < 4.78 is 0. The van der Waals surface area contributed by atoms with Crippen molar-refractivity contribution in [2.24, 2.45) is 0 Å². The van der Waals surface area contributed by atoms with E-state index in [9.17, 15) is 4.79 Å². The third kappa shape index (κ3) is 4.58. The summed E-state index contributed by atoms with van der Waals surface area (Å²) in [5.74, 6) is 0. The monoisotopic (exact) mass is 392 g/mol. The van der Waals surface area contributed by atoms with Gasteiger partial charge < -0.3 is 5.48 Å². The molecule has 0 unspecified atom stereocenters. The molecule has 3 aromatic carbocycles. The molecule has 3 rings (SSSR count). The van der Waals surface area contributed by atoms with Crippen molar-refractivity contribution in [3.8, 4) is 0 Å². The van der Waals surface area contributed by atoms with E-state index in [-0.39, 0.29) is 11.0 Å². The SMILES string of the molecule is CCc1cc(CC)c(C(=O)P(c2ccccc2)c2ccccc2)c(CC)c1.O. The lowest BCUT2D eigenvalue weighted by molar-refractivity contribution is 0.108. The maximum atomic E-state index is 13.9. The van der Waals surface area contributed by atoms with Gasteiger partial charge in [0.15, 0.2) is 5.52 Å². The zero-order valence-electron chi connectivity index (χ0n) is 16.9. The predicted octanol–water partition coefficient (Wildman–Crippen LogP) is 4.82. The van der Waals surface area contributed by atoms with Gasteiger partial charge in [-0.1, -0.05) is 93.6 Å². The Hall–Kier alpha value is -2.28. The van der Waals surface area contributed by atoms with Gasteiger partial charge in [-0.25, -0.2) is 0 Å². The highest BCUT2D eigenvalue weighted by Crippen LogP contribution is 2.40. The van der Waals surface area contributed by atoms with Crippen LogP contribution in [0.15, 0.2) is 72.8 Å². The second-order valence-corrected chi connectivity index (χ2v) is 8.77. The van der Waals surface area contributed by atoms with Crippen molar-refractivity contribution in [2.75, 3.05) is 0 Å². The van der Waals surface area contributed by atoms with Gasteiger partial charge >= 0.3 is 0 Å². The zero-order chi connectivity index (χ0) is 19.2. The first-order chi connectivity index (χ1) is 13.2. The van der Waals surface area contributed by atoms with E-state index in [1.165, 1.54) is 16.7 Å². The van der Waals surface area contributed by atoms with Crippen molar-refractivity contribution in [1.82, 2.24) is 0 Å². The first-order valence-electron chi connectivity index (χ1n) is 9.78. The van der Waals surface area contributed by atoms with Crippen molar-refractivity contribution in [2.45, 2.75) is 40.0 Å². The van der Waals surface area contributed by atoms with Crippen LogP contribution in [0, 0.1) is 0 Å². The molecule has 2 N–H and O–H groups in total. The molecule has 0 atom stereocenters. The van der Waals surface area contributed by atoms with Gasteiger partial charge in [-0.2, -0.15) is 0 Å². The van der Waals surface area contributed by atoms with Gasteiger partial charge in [0.1, 0.15) is 0 Å². The van der Waals surface area contributed by atoms with Crippen LogP contribution in [0.25, 0.3) is 0 Å². The molecule has 0 aliphatic carbocycles. The number of carbonyl (C=O) groups excluding carboxylic acids is 1. The van der Waals surface area contributed by atoms with Crippen molar-refractivity contribution >= 4 is 24.1 Å². The van der Waals surface area contributed by atoms with Crippen LogP contribution in [-0.4, -0.2) is 11.0 Å². The lowest BCUT2D eigenvalue weighted by Crippen LogP contribution is -2.20. The molecular weight excluding hydrogens is 363 g/mol. The zero-order valence-corrected chi connectivity index (χ0v) is 17.8. The van der Waals surface area contributed by atoms with E-state index in [1.807, 2.05) is 36.4 Å². The highest BCUT2D eigenvalue weighted by atomic mass is 31.1. The van der Waals surface area contributed by atoms with Crippen molar-refractivity contribution in [1.29, 1.82) is 0 Å². The van der Waals surface area contributed by atoms with Gasteiger partial charge in [-0.3, -0.25) is 4.79 Å². The molecule has 0 aliphatic rings. The van der Waals surface area contributed by atoms with Crippen molar-refractivity contribution in [3.63, 3.8) is 0 Å². The second-order valence-electron chi connectivity index (χ2n) is 6.66. The van der Waals surface area contributed by atoms with E-state index < -0.39 is 7.92 Å². The molecule has 0 spiro atoms. The molecule has 0 radical (unpaired) electrons. The van der Waals surface area contributed by atoms with E-state index in [0.717, 1.165) is 35.4 Å². The van der Waals surface area contributed by atoms with E-state index in [1.54, 1.807) is 0 Å². The summed E-state index contributed by atoms with van der Waals surface area (Å²) in [6.45, 7) is 6.48. The van der Waals surface area contributed by atoms with Crippen LogP contribution in [-0.2, 0) is 19.3 Å². The van der Waals surface area contributed by atoms with E-state index in [0.29, 0.717) is 0 Å². The number of hydrogen-bond acceptors (Lipinski definition) is 1. The van der Waals surface area contributed by atoms with Gasteiger partial charge in [-0.05, 0) is 46.6 Å². The maximum Gasteiger partial charge on any atom is 0.193 e. The smallest absolute Gasteiger partial charge is 0.193 e. The Balaban J connectivity index is 0.00000280. The molecule has 3 heteroatoms. The third-order valence-corrected chi connectivity index (χ3v) is 7.24. The summed E-state index contributed by atoms with van der Waals surface area (Å²) in [5, 5.41) is 2.24. The van der Waals surface area contributed by atoms with Gasteiger partial charge in [0.05, 0.1) is 0 Å². The Morgan fingerprint density at radius 1 is 0.714 bits per heavy atom. The molecule has 0 fully saturated rings. The average molecular weight is 392 g/mol. The fourth-order valence-corrected chi connectivity index (χ4v) is 5.74. The summed E-state index contributed by atoms with van der Waals surface area (Å²) in [5.41, 5.74) is 4.94. The fourth-order valence-electron chi connectivity index (χ4n) is 3.53. The molecule has 3 aromatic rings. The number of aryl methyl sites for hydroxylation is 3. The van der Waals surface area contributed by atoms with Crippen LogP contribution in [0.2, 0.25) is 0 Å². The van der Waals surface area contributed by atoms with E-state index >= 15 is 0 Å². The first kappa shape index (κ1) is 22.0. The van der Waals surface area contributed by atoms with Gasteiger partial charge in [0.25, 0.3) is 0 Å². The topological polar surface area (TPSA) is 48.6 Å². The standard InChI is InChI=1S/C25H27OP.H2O/c1-4-19-17-20(5-2)24(21(6-3)18-19)25(26)27(22-13-9-7-10-14-22)23-15-11-8-12-16-23;/h7-18H,4-6H2,1-3H3;1H2. The fraction of sp³-hybridized carbons (Fsp3) is 0.240. The van der Waals surface area contributed by atoms with Crippen LogP contribution < -0.4 is 10.6 Å². The number of benzene rings is 3. The molecule has 0 heterocycles. The quantitative estimate of drug-likeness (QED) is 0.532. The molecule has 0 saturated heterocycles. The number of hydrogen-bond donors (Lipinski definition) is 0. The summed E-state index contributed by atoms with van der Waals surface area (Å²) >= 11 is 0. The summed E-state index contributed by atoms with van der Waals surface area (Å²) in [7, 11) is -1.09. The Bertz CT molecular complexity index is 840. The predicted molar refractivity (Wildman–Crippen MR) is 122 cm³/mol. The molecule has 0 aliphatic heterocycles. The van der Waals surface area contributed by atoms with Crippen LogP contribution in [0.4, 0.5) is 0 Å². The Labute approximate surface area is 169 Å². The van der Waals surface area contributed by atoms with Crippen LogP contribution in [0.5, 0.6) is 0 Å². The van der Waals surface area contributed by atoms with Crippen molar-refractivity contribution < 1.29 is 10.3 Å². The molecule has 0 aromatic heterocycles. The summed E-state index contributed by atoms with van der Waals surface area (Å²) in [6.07, 6.45) is 2.77. The lowest BCUT2D eigenvalue weighted by Gasteiger charge is -2.21. The minimum Gasteiger partial charge on any atom is -0.412 e. The summed E-state index contributed by atoms with van der Waals surface area (Å²) in [4.78, 5) is 13.9. The second kappa shape index (κ2) is 10.3. The average Bonchev–Trinajstić information content (AvgIpc) is 2.74. The van der Waals surface area contributed by atoms with E-state index in [4.69, 9.17) is 0 Å². The molecule has 2 nitrogen and oxygen atoms in total. The number of rotatable bonds is 7. The van der Waals surface area contributed by atoms with Crippen molar-refractivity contribution in [3.05, 3.63) is 95.1 Å². The third-order valence-electron chi connectivity index (χ3n) is 4.98. The molecular formula is C25H29O2P. The molecule has 0 bridgehead atoms. The summed E-state index contributed by atoms with van der Waals surface area (Å²) in [6, 6.07) is 25.0. The van der Waals surface area contributed by atoms with Gasteiger partial charge in [-0.15, -0.1) is 0 Å². The normalized spacial score (nSPS) is 10.6. The van der Waals surface area contributed by atoms with Gasteiger partial charge in [0.2, 0.25) is 0 Å². The first-order valence-corrected chi connectivity index (χ1v) is 11.1.